The Labute approximate surface area is 373 Å². The summed E-state index contributed by atoms with van der Waals surface area (Å²) in [6.45, 7) is 6.45. The lowest BCUT2D eigenvalue weighted by atomic mass is 9.47. The van der Waals surface area contributed by atoms with Gasteiger partial charge in [-0.05, 0) is 86.9 Å². The minimum atomic E-state index is -3.88. The highest BCUT2D eigenvalue weighted by atomic mass is 32.2. The molecule has 4 fully saturated rings. The maximum Gasteiger partial charge on any atom is 0.318 e. The van der Waals surface area contributed by atoms with Gasteiger partial charge in [0.15, 0.2) is 11.9 Å². The number of allylic oxidation sites excluding steroid dienone is 1. The lowest BCUT2D eigenvalue weighted by molar-refractivity contribution is -0.226. The fraction of sp³-hybridized carbons (Fsp3) is 0.638. The van der Waals surface area contributed by atoms with Gasteiger partial charge in [0.25, 0.3) is 0 Å². The number of nitrogens with zero attached hydrogens (tertiary/aromatic N) is 4. The maximum atomic E-state index is 15.5. The molecule has 17 heteroatoms. The molecule has 2 N–H and O–H groups in total. The predicted octanol–water partition coefficient (Wildman–Crippen LogP) is 4.04. The largest absolute Gasteiger partial charge is 0.468 e. The van der Waals surface area contributed by atoms with E-state index in [2.05, 4.69) is 16.0 Å². The molecule has 6 heterocycles. The van der Waals surface area contributed by atoms with Crippen molar-refractivity contribution < 1.29 is 50.9 Å². The van der Waals surface area contributed by atoms with Gasteiger partial charge in [0.2, 0.25) is 15.9 Å². The topological polar surface area (TPSA) is 162 Å². The van der Waals surface area contributed by atoms with E-state index in [-0.39, 0.29) is 30.3 Å². The Bertz CT molecular complexity index is 2480. The number of ether oxygens (including phenoxy) is 3. The number of benzene rings is 1. The number of aldehydes is 1. The van der Waals surface area contributed by atoms with Gasteiger partial charge < -0.3 is 34.1 Å². The third-order valence-electron chi connectivity index (χ3n) is 16.5. The number of fused-ring (bicyclic) bond motifs is 6. The van der Waals surface area contributed by atoms with Crippen LogP contribution in [-0.2, 0) is 50.5 Å². The molecular formula is C47H61F2N5O9S. The second-order valence-corrected chi connectivity index (χ2v) is 22.0. The summed E-state index contributed by atoms with van der Waals surface area (Å²) in [6.07, 6.45) is 8.10. The van der Waals surface area contributed by atoms with Crippen molar-refractivity contribution in [1.82, 2.24) is 24.0 Å². The smallest absolute Gasteiger partial charge is 0.318 e. The molecule has 1 saturated carbocycles. The summed E-state index contributed by atoms with van der Waals surface area (Å²) in [5.41, 5.74) is -2.36. The van der Waals surface area contributed by atoms with E-state index in [4.69, 9.17) is 14.2 Å². The number of carbonyl (C=O) groups excluding carboxylic acids is 3. The van der Waals surface area contributed by atoms with Crippen LogP contribution in [0, 0.1) is 28.6 Å². The second-order valence-electron chi connectivity index (χ2n) is 19.8. The van der Waals surface area contributed by atoms with Gasteiger partial charge in [-0.15, -0.1) is 0 Å². The monoisotopic (exact) mass is 909 g/mol. The molecule has 64 heavy (non-hydrogen) atoms. The number of aromatic nitrogens is 1. The quantitative estimate of drug-likeness (QED) is 0.212. The Morgan fingerprint density at radius 1 is 1.12 bits per heavy atom. The van der Waals surface area contributed by atoms with Crippen molar-refractivity contribution in [3.8, 4) is 0 Å². The molecule has 4 unspecified atom stereocenters. The van der Waals surface area contributed by atoms with Crippen LogP contribution in [0.4, 0.5) is 8.78 Å². The lowest BCUT2D eigenvalue weighted by Crippen LogP contribution is -2.78. The van der Waals surface area contributed by atoms with Gasteiger partial charge in [-0.25, -0.2) is 21.5 Å². The van der Waals surface area contributed by atoms with Crippen molar-refractivity contribution in [3.63, 3.8) is 0 Å². The summed E-state index contributed by atoms with van der Waals surface area (Å²) in [6, 6.07) is 3.62. The fourth-order valence-corrected chi connectivity index (χ4v) is 15.0. The third-order valence-corrected chi connectivity index (χ3v) is 18.4. The Kier molecular flexibility index (Phi) is 10.8. The molecule has 9 rings (SSSR count). The highest BCUT2D eigenvalue weighted by Gasteiger charge is 2.79. The molecule has 348 valence electrons. The number of hydrogen-bond donors (Lipinski definition) is 2. The van der Waals surface area contributed by atoms with Crippen molar-refractivity contribution in [2.24, 2.45) is 28.6 Å². The fourth-order valence-electron chi connectivity index (χ4n) is 14.1. The Balaban J connectivity index is 1.33. The van der Waals surface area contributed by atoms with Gasteiger partial charge in [0.1, 0.15) is 11.5 Å². The molecule has 2 aromatic rings. The van der Waals surface area contributed by atoms with Crippen LogP contribution in [0.5, 0.6) is 0 Å². The standard InChI is InChI=1S/C47H61F2N5O9S/c1-9-44-14-10-16-54-18-15-45(39(44)54)33-21-34(37(61-7)22-36(33)52(6)40(45)47(58,26-55)41(44)63-27(2)56)46(42(57)62-8)23-28-19-29(43(3,48)49)25-53(24-28)17-13-31-32-20-30(64(59,60)51(4)5)11-12-35(32)50-38(31)46/h10-12,14,20-22,26,28-29,34,37,39-41,50,58H,9,13,15-19,23-25H2,1-8H3/t28-,29?,34?,37?,39+,40-,41-,44-,45-,46+,47+/m1/s1. The number of nitrogens with one attached hydrogen (secondary N) is 1. The molecule has 7 aliphatic rings. The van der Waals surface area contributed by atoms with Gasteiger partial charge in [-0.2, -0.15) is 0 Å². The van der Waals surface area contributed by atoms with Crippen molar-refractivity contribution in [2.45, 2.75) is 99.0 Å². The molecule has 14 nitrogen and oxygen atoms in total. The van der Waals surface area contributed by atoms with Gasteiger partial charge >= 0.3 is 11.9 Å². The minimum absolute atomic E-state index is 0.0695. The summed E-state index contributed by atoms with van der Waals surface area (Å²) in [5.74, 6) is -6.43. The molecule has 3 saturated heterocycles. The number of alkyl halides is 2. The number of hydrogen-bond acceptors (Lipinski definition) is 12. The lowest BCUT2D eigenvalue weighted by Gasteiger charge is -2.63. The van der Waals surface area contributed by atoms with Crippen LogP contribution in [0.25, 0.3) is 10.9 Å². The van der Waals surface area contributed by atoms with Gasteiger partial charge in [0, 0.05) is 112 Å². The van der Waals surface area contributed by atoms with Gasteiger partial charge in [-0.3, -0.25) is 19.3 Å². The first-order valence-corrected chi connectivity index (χ1v) is 23.9. The molecule has 1 spiro atoms. The minimum Gasteiger partial charge on any atom is -0.468 e. The summed E-state index contributed by atoms with van der Waals surface area (Å²) < 4.78 is 77.7. The molecule has 2 bridgehead atoms. The number of rotatable bonds is 9. The normalized spacial score (nSPS) is 38.2. The van der Waals surface area contributed by atoms with Crippen LogP contribution < -0.4 is 0 Å². The molecule has 1 aromatic heterocycles. The van der Waals surface area contributed by atoms with E-state index in [1.54, 1.807) is 19.2 Å². The zero-order valence-electron chi connectivity index (χ0n) is 37.9. The van der Waals surface area contributed by atoms with Crippen LogP contribution in [0.2, 0.25) is 0 Å². The molecule has 12 atom stereocenters. The molecule has 1 aromatic carbocycles. The summed E-state index contributed by atoms with van der Waals surface area (Å²) in [7, 11) is 3.76. The highest BCUT2D eigenvalue weighted by molar-refractivity contribution is 7.89. The number of piperidine rings is 1. The third kappa shape index (κ3) is 6.08. The van der Waals surface area contributed by atoms with E-state index in [0.29, 0.717) is 79.6 Å². The van der Waals surface area contributed by atoms with E-state index < -0.39 is 85.7 Å². The van der Waals surface area contributed by atoms with Crippen molar-refractivity contribution in [1.29, 1.82) is 0 Å². The van der Waals surface area contributed by atoms with Crippen molar-refractivity contribution in [2.75, 3.05) is 68.1 Å². The summed E-state index contributed by atoms with van der Waals surface area (Å²) >= 11 is 0. The Morgan fingerprint density at radius 3 is 2.52 bits per heavy atom. The average molecular weight is 910 g/mol. The van der Waals surface area contributed by atoms with E-state index in [1.807, 2.05) is 42.0 Å². The zero-order valence-corrected chi connectivity index (χ0v) is 38.7. The first-order chi connectivity index (χ1) is 30.2. The Hall–Kier alpha value is -4.00. The second kappa shape index (κ2) is 15.3. The highest BCUT2D eigenvalue weighted by Crippen LogP contribution is 2.70. The average Bonchev–Trinajstić information content (AvgIpc) is 3.92. The molecular weight excluding hydrogens is 849 g/mol. The van der Waals surface area contributed by atoms with E-state index in [1.165, 1.54) is 34.2 Å². The zero-order chi connectivity index (χ0) is 46.1. The van der Waals surface area contributed by atoms with Crippen LogP contribution in [0.15, 0.2) is 58.7 Å². The molecule has 5 aliphatic heterocycles. The van der Waals surface area contributed by atoms with E-state index in [0.717, 1.165) is 16.8 Å². The van der Waals surface area contributed by atoms with E-state index in [9.17, 15) is 23.1 Å². The number of carbonyl (C=O) groups is 3. The number of sulfonamides is 1. The number of aromatic amines is 1. The first-order valence-electron chi connectivity index (χ1n) is 22.4. The number of methoxy groups -OCH3 is 2. The van der Waals surface area contributed by atoms with Crippen molar-refractivity contribution in [3.05, 3.63) is 65.0 Å². The van der Waals surface area contributed by atoms with Crippen molar-refractivity contribution >= 4 is 39.2 Å². The van der Waals surface area contributed by atoms with Gasteiger partial charge in [-0.1, -0.05) is 25.2 Å². The van der Waals surface area contributed by atoms with Crippen LogP contribution in [0.3, 0.4) is 0 Å². The Morgan fingerprint density at radius 2 is 1.88 bits per heavy atom. The van der Waals surface area contributed by atoms with Gasteiger partial charge in [0.05, 0.1) is 24.2 Å². The number of halogens is 2. The number of esters is 2. The van der Waals surface area contributed by atoms with Crippen LogP contribution in [-0.4, -0.2) is 160 Å². The van der Waals surface area contributed by atoms with E-state index >= 15 is 13.6 Å². The maximum absolute atomic E-state index is 15.5. The molecule has 0 radical (unpaired) electrons. The first kappa shape index (κ1) is 45.2. The SMILES string of the molecule is CC[C@]12C=CCN3CC[C@@]4(C5=CC([C@@]6(C(=O)OC)C[C@H]7CC(C(C)(F)F)CN(CCc8c6[nH]c6ccc(S(=O)(=O)N(C)C)cc86)C7)C(OC)C=C5N(C)[C@H]4[C@@](O)(C=O)[C@@H]1OC(C)=O)[C@@H]32. The number of likely N-dealkylation sites (N-methyl/N-ethyl adjacent to an activating group) is 1. The summed E-state index contributed by atoms with van der Waals surface area (Å²) in [5, 5.41) is 13.6. The van der Waals surface area contributed by atoms with Crippen LogP contribution in [0.1, 0.15) is 57.7 Å². The predicted molar refractivity (Wildman–Crippen MR) is 233 cm³/mol. The number of aliphatic hydroxyl groups is 1. The van der Waals surface area contributed by atoms with Crippen LogP contribution >= 0.6 is 0 Å². The number of H-pyrrole nitrogens is 1. The summed E-state index contributed by atoms with van der Waals surface area (Å²) in [4.78, 5) is 52.1. The molecule has 0 amide bonds. The number of likely N-dealkylation sites (tertiary alicyclic amines) is 1. The molecule has 2 aliphatic carbocycles.